The zero-order valence-electron chi connectivity index (χ0n) is 10.5. The maximum absolute atomic E-state index is 12.0. The van der Waals surface area contributed by atoms with Crippen LogP contribution in [0.25, 0.3) is 0 Å². The summed E-state index contributed by atoms with van der Waals surface area (Å²) in [6, 6.07) is 0. The zero-order valence-corrected chi connectivity index (χ0v) is 11.4. The number of aliphatic hydroxyl groups is 1. The molecule has 0 aliphatic carbocycles. The van der Waals surface area contributed by atoms with Crippen molar-refractivity contribution >= 4 is 13.5 Å². The van der Waals surface area contributed by atoms with E-state index < -0.39 is 7.60 Å². The highest BCUT2D eigenvalue weighted by atomic mass is 31.2. The van der Waals surface area contributed by atoms with Gasteiger partial charge in [-0.25, -0.2) is 0 Å². The van der Waals surface area contributed by atoms with Crippen molar-refractivity contribution in [3.8, 4) is 0 Å². The molecule has 0 spiro atoms. The molecule has 6 nitrogen and oxygen atoms in total. The van der Waals surface area contributed by atoms with Crippen LogP contribution in [-0.4, -0.2) is 43.5 Å². The Morgan fingerprint density at radius 3 is 2.29 bits per heavy atom. The summed E-state index contributed by atoms with van der Waals surface area (Å²) in [5.41, 5.74) is 0. The van der Waals surface area contributed by atoms with Crippen molar-refractivity contribution in [2.24, 2.45) is 0 Å². The molecule has 0 saturated carbocycles. The molecule has 2 N–H and O–H groups in total. The van der Waals surface area contributed by atoms with Crippen molar-refractivity contribution in [3.05, 3.63) is 0 Å². The number of amides is 1. The first-order valence-electron chi connectivity index (χ1n) is 5.83. The van der Waals surface area contributed by atoms with E-state index in [4.69, 9.17) is 14.2 Å². The predicted molar refractivity (Wildman–Crippen MR) is 65.1 cm³/mol. The molecule has 17 heavy (non-hydrogen) atoms. The molecular formula is C10H22NO5P. The van der Waals surface area contributed by atoms with Crippen LogP contribution in [0.4, 0.5) is 0 Å². The van der Waals surface area contributed by atoms with E-state index in [1.165, 1.54) is 0 Å². The quantitative estimate of drug-likeness (QED) is 0.458. The van der Waals surface area contributed by atoms with Crippen molar-refractivity contribution in [2.45, 2.75) is 26.7 Å². The zero-order chi connectivity index (χ0) is 13.1. The molecule has 102 valence electrons. The van der Waals surface area contributed by atoms with E-state index in [0.717, 1.165) is 0 Å². The van der Waals surface area contributed by atoms with Crippen molar-refractivity contribution < 1.29 is 23.5 Å². The van der Waals surface area contributed by atoms with Gasteiger partial charge in [-0.05, 0) is 26.7 Å². The molecule has 0 bridgehead atoms. The van der Waals surface area contributed by atoms with Gasteiger partial charge in [0.25, 0.3) is 0 Å². The Morgan fingerprint density at radius 2 is 1.82 bits per heavy atom. The van der Waals surface area contributed by atoms with Gasteiger partial charge in [-0.3, -0.25) is 9.36 Å². The van der Waals surface area contributed by atoms with Gasteiger partial charge in [-0.15, -0.1) is 0 Å². The summed E-state index contributed by atoms with van der Waals surface area (Å²) in [7, 11) is -3.29. The Kier molecular flexibility index (Phi) is 9.36. The number of hydrogen-bond acceptors (Lipinski definition) is 5. The molecule has 1 amide bonds. The molecule has 0 atom stereocenters. The third kappa shape index (κ3) is 8.32. The molecule has 0 saturated heterocycles. The van der Waals surface area contributed by atoms with Gasteiger partial charge in [0.15, 0.2) is 0 Å². The first-order valence-corrected chi connectivity index (χ1v) is 7.56. The first kappa shape index (κ1) is 16.6. The lowest BCUT2D eigenvalue weighted by Crippen LogP contribution is -2.28. The Hall–Kier alpha value is -0.420. The Labute approximate surface area is 102 Å². The van der Waals surface area contributed by atoms with Gasteiger partial charge < -0.3 is 19.5 Å². The van der Waals surface area contributed by atoms with Gasteiger partial charge >= 0.3 is 7.60 Å². The van der Waals surface area contributed by atoms with E-state index in [0.29, 0.717) is 19.4 Å². The number of aliphatic hydroxyl groups excluding tert-OH is 1. The predicted octanol–water partition coefficient (Wildman–Crippen LogP) is 1.14. The molecule has 0 aliphatic rings. The van der Waals surface area contributed by atoms with Gasteiger partial charge in [-0.1, -0.05) is 0 Å². The van der Waals surface area contributed by atoms with Crippen LogP contribution in [0.1, 0.15) is 26.7 Å². The van der Waals surface area contributed by atoms with Crippen LogP contribution in [0.5, 0.6) is 0 Å². The summed E-state index contributed by atoms with van der Waals surface area (Å²) in [5.74, 6) is -0.354. The second-order valence-corrected chi connectivity index (χ2v) is 5.44. The highest BCUT2D eigenvalue weighted by Gasteiger charge is 2.27. The molecule has 0 fully saturated rings. The second-order valence-electron chi connectivity index (χ2n) is 3.39. The molecule has 0 heterocycles. The Bertz CT molecular complexity index is 249. The molecule has 0 radical (unpaired) electrons. The summed E-state index contributed by atoms with van der Waals surface area (Å²) in [5, 5.41) is 11.2. The Morgan fingerprint density at radius 1 is 1.24 bits per heavy atom. The van der Waals surface area contributed by atoms with Crippen LogP contribution in [0, 0.1) is 0 Å². The molecule has 7 heteroatoms. The third-order valence-electron chi connectivity index (χ3n) is 1.90. The standard InChI is InChI=1S/C10H22NO5P/c1-3-15-17(14,16-4-2)9-10(13)11-7-5-6-8-12/h12H,3-9H2,1-2H3,(H,11,13). The minimum atomic E-state index is -3.29. The van der Waals surface area contributed by atoms with E-state index in [1.54, 1.807) is 13.8 Å². The van der Waals surface area contributed by atoms with Crippen LogP contribution in [0.2, 0.25) is 0 Å². The normalized spacial score (nSPS) is 11.5. The Balaban J connectivity index is 3.99. The summed E-state index contributed by atoms with van der Waals surface area (Å²) in [6.45, 7) is 4.45. The van der Waals surface area contributed by atoms with Gasteiger partial charge in [0.05, 0.1) is 13.2 Å². The van der Waals surface area contributed by atoms with E-state index in [2.05, 4.69) is 5.32 Å². The summed E-state index contributed by atoms with van der Waals surface area (Å²) in [6.07, 6.45) is 1.07. The van der Waals surface area contributed by atoms with Crippen LogP contribution in [0.15, 0.2) is 0 Å². The van der Waals surface area contributed by atoms with Crippen molar-refractivity contribution in [2.75, 3.05) is 32.5 Å². The van der Waals surface area contributed by atoms with Crippen LogP contribution >= 0.6 is 7.60 Å². The van der Waals surface area contributed by atoms with E-state index >= 15 is 0 Å². The highest BCUT2D eigenvalue weighted by Crippen LogP contribution is 2.47. The molecule has 0 unspecified atom stereocenters. The number of unbranched alkanes of at least 4 members (excludes halogenated alkanes) is 1. The maximum atomic E-state index is 12.0. The van der Waals surface area contributed by atoms with E-state index in [9.17, 15) is 9.36 Å². The molecule has 0 aromatic carbocycles. The lowest BCUT2D eigenvalue weighted by molar-refractivity contribution is -0.118. The number of rotatable bonds is 10. The van der Waals surface area contributed by atoms with Gasteiger partial charge in [0.2, 0.25) is 5.91 Å². The van der Waals surface area contributed by atoms with Gasteiger partial charge in [0.1, 0.15) is 6.16 Å². The minimum Gasteiger partial charge on any atom is -0.396 e. The fraction of sp³-hybridized carbons (Fsp3) is 0.900. The number of nitrogens with one attached hydrogen (secondary N) is 1. The average Bonchev–Trinajstić information content (AvgIpc) is 2.24. The first-order chi connectivity index (χ1) is 8.08. The minimum absolute atomic E-state index is 0.103. The van der Waals surface area contributed by atoms with Crippen LogP contribution in [0.3, 0.4) is 0 Å². The van der Waals surface area contributed by atoms with E-state index in [-0.39, 0.29) is 31.9 Å². The number of carbonyl (C=O) groups excluding carboxylic acids is 1. The van der Waals surface area contributed by atoms with E-state index in [1.807, 2.05) is 0 Å². The molecule has 0 aromatic rings. The lowest BCUT2D eigenvalue weighted by Gasteiger charge is -2.16. The van der Waals surface area contributed by atoms with Gasteiger partial charge in [0, 0.05) is 13.2 Å². The average molecular weight is 267 g/mol. The monoisotopic (exact) mass is 267 g/mol. The fourth-order valence-corrected chi connectivity index (χ4v) is 2.73. The van der Waals surface area contributed by atoms with Crippen molar-refractivity contribution in [1.29, 1.82) is 0 Å². The molecule has 0 aromatic heterocycles. The topological polar surface area (TPSA) is 84.9 Å². The highest BCUT2D eigenvalue weighted by molar-refractivity contribution is 7.54. The summed E-state index contributed by atoms with van der Waals surface area (Å²) >= 11 is 0. The summed E-state index contributed by atoms with van der Waals surface area (Å²) < 4.78 is 22.0. The van der Waals surface area contributed by atoms with Crippen LogP contribution < -0.4 is 5.32 Å². The second kappa shape index (κ2) is 9.59. The number of carbonyl (C=O) groups is 1. The molecule has 0 rings (SSSR count). The van der Waals surface area contributed by atoms with Crippen LogP contribution in [-0.2, 0) is 18.4 Å². The number of hydrogen-bond donors (Lipinski definition) is 2. The largest absolute Gasteiger partial charge is 0.396 e. The van der Waals surface area contributed by atoms with Gasteiger partial charge in [-0.2, -0.15) is 0 Å². The SMILES string of the molecule is CCOP(=O)(CC(=O)NCCCCO)OCC. The third-order valence-corrected chi connectivity index (χ3v) is 3.87. The molecular weight excluding hydrogens is 245 g/mol. The fourth-order valence-electron chi connectivity index (χ4n) is 1.22. The van der Waals surface area contributed by atoms with Crippen molar-refractivity contribution in [3.63, 3.8) is 0 Å². The lowest BCUT2D eigenvalue weighted by atomic mass is 10.3. The maximum Gasteiger partial charge on any atom is 0.340 e. The summed E-state index contributed by atoms with van der Waals surface area (Å²) in [4.78, 5) is 11.5. The van der Waals surface area contributed by atoms with Crippen molar-refractivity contribution in [1.82, 2.24) is 5.32 Å². The smallest absolute Gasteiger partial charge is 0.340 e. The molecule has 0 aliphatic heterocycles.